The quantitative estimate of drug-likeness (QED) is 0.359. The topological polar surface area (TPSA) is 173 Å². The molecule has 10 nitrogen and oxygen atoms in total. The van der Waals surface area contributed by atoms with Crippen LogP contribution in [-0.2, 0) is 30.3 Å². The first kappa shape index (κ1) is 27.4. The lowest BCUT2D eigenvalue weighted by molar-refractivity contribution is -0.157. The number of carbonyl (C=O) groups excluding carboxylic acids is 2. The smallest absolute Gasteiger partial charge is 0.323 e. The number of carboxylic acid groups (broad SMARTS) is 2. The molecule has 1 aliphatic heterocycles. The Morgan fingerprint density at radius 2 is 1.74 bits per heavy atom. The van der Waals surface area contributed by atoms with Gasteiger partial charge in [0.1, 0.15) is 23.7 Å². The molecule has 0 amide bonds. The Balaban J connectivity index is 2.34. The van der Waals surface area contributed by atoms with Crippen LogP contribution < -0.4 is 11.5 Å². The first-order valence-electron chi connectivity index (χ1n) is 11.3. The van der Waals surface area contributed by atoms with Crippen LogP contribution in [-0.4, -0.2) is 68.6 Å². The van der Waals surface area contributed by atoms with Crippen molar-refractivity contribution in [3.63, 3.8) is 0 Å². The molecular weight excluding hydrogens is 442 g/mol. The highest BCUT2D eigenvalue weighted by Crippen LogP contribution is 2.37. The molecule has 1 heterocycles. The number of aliphatic carboxylic acids is 2. The summed E-state index contributed by atoms with van der Waals surface area (Å²) in [6.45, 7) is 6.64. The maximum absolute atomic E-state index is 13.1. The molecule has 5 atom stereocenters. The fourth-order valence-corrected chi connectivity index (χ4v) is 4.23. The molecule has 10 heteroatoms. The van der Waals surface area contributed by atoms with Crippen LogP contribution in [0.5, 0.6) is 0 Å². The fourth-order valence-electron chi connectivity index (χ4n) is 4.23. The van der Waals surface area contributed by atoms with Crippen LogP contribution in [0.1, 0.15) is 64.1 Å². The first-order chi connectivity index (χ1) is 15.7. The highest BCUT2D eigenvalue weighted by Gasteiger charge is 2.47. The van der Waals surface area contributed by atoms with Gasteiger partial charge >= 0.3 is 17.9 Å². The van der Waals surface area contributed by atoms with Crippen LogP contribution in [0.15, 0.2) is 24.3 Å². The standard InChI is InChI=1S/C24H35N3O7/c1-13(25)20(28)19-15-9-6-5-8-14(15)12-18(22(31)32)27(19)17(21(29)30)11-7-10-16(26)23(33)34-24(2,3)4/h5-6,8-9,13,16-19H,7,10-12,25-26H2,1-4H3,(H,29,30)(H,31,32)/t13-,16?,17?,18?,19?/m0/s1. The zero-order chi connectivity index (χ0) is 25.8. The van der Waals surface area contributed by atoms with Crippen molar-refractivity contribution in [2.75, 3.05) is 0 Å². The minimum Gasteiger partial charge on any atom is -0.480 e. The molecule has 0 aliphatic carbocycles. The Labute approximate surface area is 199 Å². The summed E-state index contributed by atoms with van der Waals surface area (Å²) < 4.78 is 5.26. The van der Waals surface area contributed by atoms with Crippen molar-refractivity contribution >= 4 is 23.7 Å². The fraction of sp³-hybridized carbons (Fsp3) is 0.583. The number of carbonyl (C=O) groups is 4. The molecule has 0 saturated carbocycles. The summed E-state index contributed by atoms with van der Waals surface area (Å²) in [6, 6.07) is 1.36. The second-order valence-corrected chi connectivity index (χ2v) is 9.72. The molecular formula is C24H35N3O7. The van der Waals surface area contributed by atoms with Gasteiger partial charge < -0.3 is 26.4 Å². The Morgan fingerprint density at radius 3 is 2.26 bits per heavy atom. The van der Waals surface area contributed by atoms with Crippen LogP contribution in [0.2, 0.25) is 0 Å². The minimum atomic E-state index is -1.30. The van der Waals surface area contributed by atoms with Crippen molar-refractivity contribution < 1.29 is 34.1 Å². The molecule has 1 aliphatic rings. The van der Waals surface area contributed by atoms with Gasteiger partial charge in [0.15, 0.2) is 5.78 Å². The van der Waals surface area contributed by atoms with E-state index in [1.807, 2.05) is 0 Å². The minimum absolute atomic E-state index is 0.0134. The van der Waals surface area contributed by atoms with Gasteiger partial charge in [-0.05, 0) is 64.5 Å². The number of nitrogens with zero attached hydrogens (tertiary/aromatic N) is 1. The molecule has 0 spiro atoms. The van der Waals surface area contributed by atoms with E-state index in [1.165, 1.54) is 11.8 Å². The molecule has 2 rings (SSSR count). The molecule has 0 saturated heterocycles. The third-order valence-electron chi connectivity index (χ3n) is 5.77. The van der Waals surface area contributed by atoms with Crippen molar-refractivity contribution in [1.29, 1.82) is 0 Å². The number of hydrogen-bond donors (Lipinski definition) is 4. The van der Waals surface area contributed by atoms with Crippen LogP contribution in [0.25, 0.3) is 0 Å². The zero-order valence-corrected chi connectivity index (χ0v) is 20.1. The van der Waals surface area contributed by atoms with Gasteiger partial charge in [0, 0.05) is 0 Å². The maximum Gasteiger partial charge on any atom is 0.323 e. The Bertz CT molecular complexity index is 925. The highest BCUT2D eigenvalue weighted by atomic mass is 16.6. The Kier molecular flexibility index (Phi) is 8.93. The number of nitrogens with two attached hydrogens (primary N) is 2. The van der Waals surface area contributed by atoms with Crippen molar-refractivity contribution in [2.24, 2.45) is 11.5 Å². The maximum atomic E-state index is 13.1. The van der Waals surface area contributed by atoms with E-state index in [0.717, 1.165) is 0 Å². The van der Waals surface area contributed by atoms with Gasteiger partial charge in [-0.1, -0.05) is 24.3 Å². The molecule has 0 fully saturated rings. The third-order valence-corrected chi connectivity index (χ3v) is 5.77. The van der Waals surface area contributed by atoms with E-state index in [4.69, 9.17) is 16.2 Å². The van der Waals surface area contributed by atoms with Crippen molar-refractivity contribution in [3.05, 3.63) is 35.4 Å². The summed E-state index contributed by atoms with van der Waals surface area (Å²) in [5.41, 5.74) is 12.3. The van der Waals surface area contributed by atoms with Gasteiger partial charge in [0.2, 0.25) is 0 Å². The summed E-state index contributed by atoms with van der Waals surface area (Å²) >= 11 is 0. The number of Topliss-reactive ketones (excluding diaryl/α,β-unsaturated/α-hetero) is 1. The average molecular weight is 478 g/mol. The number of benzene rings is 1. The molecule has 0 aromatic heterocycles. The predicted molar refractivity (Wildman–Crippen MR) is 124 cm³/mol. The number of hydrogen-bond acceptors (Lipinski definition) is 8. The molecule has 1 aromatic rings. The zero-order valence-electron chi connectivity index (χ0n) is 20.1. The summed E-state index contributed by atoms with van der Waals surface area (Å²) in [5.74, 6) is -3.55. The first-order valence-corrected chi connectivity index (χ1v) is 11.3. The summed E-state index contributed by atoms with van der Waals surface area (Å²) in [7, 11) is 0. The van der Waals surface area contributed by atoms with Crippen molar-refractivity contribution in [3.8, 4) is 0 Å². The molecule has 34 heavy (non-hydrogen) atoms. The predicted octanol–water partition coefficient (Wildman–Crippen LogP) is 1.25. The number of ketones is 1. The van der Waals surface area contributed by atoms with E-state index in [0.29, 0.717) is 11.1 Å². The number of esters is 1. The second-order valence-electron chi connectivity index (χ2n) is 9.72. The highest BCUT2D eigenvalue weighted by molar-refractivity contribution is 5.92. The third kappa shape index (κ3) is 6.62. The lowest BCUT2D eigenvalue weighted by atomic mass is 9.83. The van der Waals surface area contributed by atoms with E-state index in [-0.39, 0.29) is 25.7 Å². The van der Waals surface area contributed by atoms with Crippen molar-refractivity contribution in [2.45, 2.75) is 89.2 Å². The van der Waals surface area contributed by atoms with Gasteiger partial charge in [-0.3, -0.25) is 24.1 Å². The summed E-state index contributed by atoms with van der Waals surface area (Å²) in [5, 5.41) is 20.0. The molecule has 0 radical (unpaired) electrons. The lowest BCUT2D eigenvalue weighted by Gasteiger charge is -2.44. The molecule has 6 N–H and O–H groups in total. The summed E-state index contributed by atoms with van der Waals surface area (Å²) in [6.07, 6.45) is 0.393. The van der Waals surface area contributed by atoms with Gasteiger partial charge in [-0.25, -0.2) is 0 Å². The number of rotatable bonds is 10. The number of ether oxygens (including phenoxy) is 1. The van der Waals surface area contributed by atoms with E-state index in [9.17, 15) is 29.4 Å². The van der Waals surface area contributed by atoms with Crippen LogP contribution in [0.4, 0.5) is 0 Å². The Hall–Kier alpha value is -2.82. The normalized spacial score (nSPS) is 21.1. The molecule has 1 aromatic carbocycles. The van der Waals surface area contributed by atoms with E-state index < -0.39 is 59.5 Å². The van der Waals surface area contributed by atoms with Gasteiger partial charge in [0.05, 0.1) is 12.1 Å². The van der Waals surface area contributed by atoms with Gasteiger partial charge in [0.25, 0.3) is 0 Å². The Morgan fingerprint density at radius 1 is 1.12 bits per heavy atom. The van der Waals surface area contributed by atoms with Crippen LogP contribution >= 0.6 is 0 Å². The molecule has 4 unspecified atom stereocenters. The van der Waals surface area contributed by atoms with E-state index in [2.05, 4.69) is 0 Å². The van der Waals surface area contributed by atoms with E-state index >= 15 is 0 Å². The monoisotopic (exact) mass is 477 g/mol. The van der Waals surface area contributed by atoms with Gasteiger partial charge in [-0.15, -0.1) is 0 Å². The number of carboxylic acids is 2. The molecule has 0 bridgehead atoms. The van der Waals surface area contributed by atoms with E-state index in [1.54, 1.807) is 45.0 Å². The van der Waals surface area contributed by atoms with Crippen molar-refractivity contribution in [1.82, 2.24) is 4.90 Å². The molecule has 188 valence electrons. The van der Waals surface area contributed by atoms with Crippen LogP contribution in [0, 0.1) is 0 Å². The number of fused-ring (bicyclic) bond motifs is 1. The van der Waals surface area contributed by atoms with Crippen LogP contribution in [0.3, 0.4) is 0 Å². The SMILES string of the molecule is C[C@H](N)C(=O)C1c2ccccc2CC(C(=O)O)N1C(CCCC(N)C(=O)OC(C)(C)C)C(=O)O. The van der Waals surface area contributed by atoms with Gasteiger partial charge in [-0.2, -0.15) is 0 Å². The average Bonchev–Trinajstić information content (AvgIpc) is 2.73. The largest absolute Gasteiger partial charge is 0.480 e. The summed E-state index contributed by atoms with van der Waals surface area (Å²) in [4.78, 5) is 51.0. The second kappa shape index (κ2) is 11.1. The lowest BCUT2D eigenvalue weighted by Crippen LogP contribution is -2.58.